The van der Waals surface area contributed by atoms with Crippen molar-refractivity contribution in [2.24, 2.45) is 0 Å². The lowest BCUT2D eigenvalue weighted by molar-refractivity contribution is 0.0365. The number of hydrazine groups is 1. The second-order valence-corrected chi connectivity index (χ2v) is 4.31. The molecule has 0 aromatic heterocycles. The van der Waals surface area contributed by atoms with Crippen molar-refractivity contribution in [2.45, 2.75) is 39.2 Å². The van der Waals surface area contributed by atoms with Crippen LogP contribution in [0, 0.1) is 0 Å². The van der Waals surface area contributed by atoms with Crippen molar-refractivity contribution in [3.05, 3.63) is 0 Å². The fourth-order valence-electron chi connectivity index (χ4n) is 1.26. The van der Waals surface area contributed by atoms with Gasteiger partial charge in [-0.1, -0.05) is 0 Å². The Morgan fingerprint density at radius 3 is 2.31 bits per heavy atom. The number of amides is 1. The molecule has 0 unspecified atom stereocenters. The van der Waals surface area contributed by atoms with Crippen molar-refractivity contribution >= 4 is 6.09 Å². The van der Waals surface area contributed by atoms with Gasteiger partial charge in [0.15, 0.2) is 0 Å². The van der Waals surface area contributed by atoms with Gasteiger partial charge in [0, 0.05) is 13.1 Å². The Kier molecular flexibility index (Phi) is 3.14. The van der Waals surface area contributed by atoms with Crippen LogP contribution in [-0.4, -0.2) is 29.8 Å². The summed E-state index contributed by atoms with van der Waals surface area (Å²) in [6, 6.07) is 0. The molecule has 0 radical (unpaired) electrons. The maximum Gasteiger partial charge on any atom is 0.422 e. The lowest BCUT2D eigenvalue weighted by Crippen LogP contribution is -2.43. The van der Waals surface area contributed by atoms with Crippen molar-refractivity contribution < 1.29 is 9.53 Å². The number of ether oxygens (including phenoxy) is 1. The molecule has 13 heavy (non-hydrogen) atoms. The Morgan fingerprint density at radius 2 is 1.85 bits per heavy atom. The molecule has 1 aliphatic heterocycles. The molecular formula is C9H18N2O2. The summed E-state index contributed by atoms with van der Waals surface area (Å²) in [6.07, 6.45) is 1.94. The number of carbonyl (C=O) groups is 1. The molecule has 0 atom stereocenters. The van der Waals surface area contributed by atoms with Crippen molar-refractivity contribution in [3.63, 3.8) is 0 Å². The highest BCUT2D eigenvalue weighted by Gasteiger charge is 2.19. The first kappa shape index (κ1) is 10.3. The molecule has 1 saturated heterocycles. The van der Waals surface area contributed by atoms with Gasteiger partial charge in [-0.3, -0.25) is 5.43 Å². The van der Waals surface area contributed by atoms with Gasteiger partial charge in [-0.05, 0) is 33.6 Å². The van der Waals surface area contributed by atoms with E-state index in [4.69, 9.17) is 4.74 Å². The zero-order valence-electron chi connectivity index (χ0n) is 8.59. The summed E-state index contributed by atoms with van der Waals surface area (Å²) in [5, 5.41) is 1.90. The summed E-state index contributed by atoms with van der Waals surface area (Å²) < 4.78 is 5.11. The standard InChI is InChI=1S/C9H18N2O2/c1-9(2,3)13-8(12)10-11-6-4-5-7-11/h4-7H2,1-3H3,(H,10,12). The fraction of sp³-hybridized carbons (Fsp3) is 0.889. The molecule has 1 aliphatic rings. The first-order valence-corrected chi connectivity index (χ1v) is 4.72. The van der Waals surface area contributed by atoms with E-state index < -0.39 is 5.60 Å². The molecule has 76 valence electrons. The maximum atomic E-state index is 11.2. The van der Waals surface area contributed by atoms with Gasteiger partial charge < -0.3 is 4.74 Å². The first-order valence-electron chi connectivity index (χ1n) is 4.72. The normalized spacial score (nSPS) is 18.7. The van der Waals surface area contributed by atoms with E-state index in [0.717, 1.165) is 25.9 Å². The van der Waals surface area contributed by atoms with Crippen LogP contribution in [0.5, 0.6) is 0 Å². The first-order chi connectivity index (χ1) is 5.97. The summed E-state index contributed by atoms with van der Waals surface area (Å²) in [6.45, 7) is 7.43. The van der Waals surface area contributed by atoms with E-state index in [2.05, 4.69) is 5.43 Å². The number of hydrogen-bond acceptors (Lipinski definition) is 3. The van der Waals surface area contributed by atoms with Crippen LogP contribution >= 0.6 is 0 Å². The van der Waals surface area contributed by atoms with Crippen molar-refractivity contribution in [1.82, 2.24) is 10.4 Å². The van der Waals surface area contributed by atoms with Crippen LogP contribution in [0.3, 0.4) is 0 Å². The summed E-state index contributed by atoms with van der Waals surface area (Å²) in [5.74, 6) is 0. The molecule has 0 bridgehead atoms. The van der Waals surface area contributed by atoms with Crippen LogP contribution in [0.4, 0.5) is 4.79 Å². The van der Waals surface area contributed by atoms with E-state index in [9.17, 15) is 4.79 Å². The number of nitrogens with one attached hydrogen (secondary N) is 1. The SMILES string of the molecule is CC(C)(C)OC(=O)NN1CCCC1. The number of rotatable bonds is 1. The smallest absolute Gasteiger partial charge is 0.422 e. The Hall–Kier alpha value is -0.770. The van der Waals surface area contributed by atoms with E-state index in [0.29, 0.717) is 0 Å². The van der Waals surface area contributed by atoms with Crippen LogP contribution < -0.4 is 5.43 Å². The van der Waals surface area contributed by atoms with Gasteiger partial charge in [0.25, 0.3) is 0 Å². The molecule has 0 aliphatic carbocycles. The van der Waals surface area contributed by atoms with E-state index in [1.165, 1.54) is 0 Å². The Morgan fingerprint density at radius 1 is 1.31 bits per heavy atom. The van der Waals surface area contributed by atoms with Crippen LogP contribution in [-0.2, 0) is 4.74 Å². The van der Waals surface area contributed by atoms with E-state index in [-0.39, 0.29) is 6.09 Å². The molecule has 1 amide bonds. The van der Waals surface area contributed by atoms with Gasteiger partial charge >= 0.3 is 6.09 Å². The molecule has 1 N–H and O–H groups in total. The summed E-state index contributed by atoms with van der Waals surface area (Å²) in [5.41, 5.74) is 2.29. The Balaban J connectivity index is 2.24. The Labute approximate surface area is 79.2 Å². The van der Waals surface area contributed by atoms with Gasteiger partial charge in [-0.2, -0.15) is 0 Å². The predicted molar refractivity (Wildman–Crippen MR) is 50.2 cm³/mol. The van der Waals surface area contributed by atoms with Gasteiger partial charge in [0.1, 0.15) is 5.60 Å². The van der Waals surface area contributed by atoms with Gasteiger partial charge in [0.2, 0.25) is 0 Å². The highest BCUT2D eigenvalue weighted by Crippen LogP contribution is 2.08. The van der Waals surface area contributed by atoms with E-state index in [1.54, 1.807) is 0 Å². The van der Waals surface area contributed by atoms with Crippen LogP contribution in [0.2, 0.25) is 0 Å². The van der Waals surface area contributed by atoms with Crippen molar-refractivity contribution in [1.29, 1.82) is 0 Å². The lowest BCUT2D eigenvalue weighted by Gasteiger charge is -2.22. The fourth-order valence-corrected chi connectivity index (χ4v) is 1.26. The third kappa shape index (κ3) is 4.12. The minimum atomic E-state index is -0.413. The van der Waals surface area contributed by atoms with Crippen LogP contribution in [0.25, 0.3) is 0 Å². The monoisotopic (exact) mass is 186 g/mol. The zero-order chi connectivity index (χ0) is 9.90. The largest absolute Gasteiger partial charge is 0.443 e. The summed E-state index contributed by atoms with van der Waals surface area (Å²) in [4.78, 5) is 11.2. The molecule has 0 saturated carbocycles. The average Bonchev–Trinajstić information content (AvgIpc) is 2.34. The summed E-state index contributed by atoms with van der Waals surface area (Å²) >= 11 is 0. The molecule has 1 rings (SSSR count). The number of hydrogen-bond donors (Lipinski definition) is 1. The van der Waals surface area contributed by atoms with Gasteiger partial charge in [-0.15, -0.1) is 0 Å². The maximum absolute atomic E-state index is 11.2. The zero-order valence-corrected chi connectivity index (χ0v) is 8.59. The second kappa shape index (κ2) is 3.96. The molecule has 4 nitrogen and oxygen atoms in total. The highest BCUT2D eigenvalue weighted by molar-refractivity contribution is 5.67. The van der Waals surface area contributed by atoms with Crippen molar-refractivity contribution in [3.8, 4) is 0 Å². The Bertz CT molecular complexity index is 181. The third-order valence-electron chi connectivity index (χ3n) is 1.75. The van der Waals surface area contributed by atoms with E-state index in [1.807, 2.05) is 25.8 Å². The molecular weight excluding hydrogens is 168 g/mol. The molecule has 0 aromatic carbocycles. The molecule has 1 fully saturated rings. The van der Waals surface area contributed by atoms with Gasteiger partial charge in [-0.25, -0.2) is 9.80 Å². The van der Waals surface area contributed by atoms with Crippen molar-refractivity contribution in [2.75, 3.05) is 13.1 Å². The van der Waals surface area contributed by atoms with E-state index >= 15 is 0 Å². The average molecular weight is 186 g/mol. The van der Waals surface area contributed by atoms with Gasteiger partial charge in [0.05, 0.1) is 0 Å². The number of nitrogens with zero attached hydrogens (tertiary/aromatic N) is 1. The topological polar surface area (TPSA) is 41.6 Å². The highest BCUT2D eigenvalue weighted by atomic mass is 16.6. The van der Waals surface area contributed by atoms with Crippen LogP contribution in [0.1, 0.15) is 33.6 Å². The molecule has 0 spiro atoms. The molecule has 4 heteroatoms. The minimum absolute atomic E-state index is 0.352. The number of carbonyl (C=O) groups excluding carboxylic acids is 1. The lowest BCUT2D eigenvalue weighted by atomic mass is 10.2. The molecule has 1 heterocycles. The second-order valence-electron chi connectivity index (χ2n) is 4.31. The minimum Gasteiger partial charge on any atom is -0.443 e. The summed E-state index contributed by atoms with van der Waals surface area (Å²) in [7, 11) is 0. The third-order valence-corrected chi connectivity index (χ3v) is 1.75. The molecule has 0 aromatic rings. The quantitative estimate of drug-likeness (QED) is 0.675. The predicted octanol–water partition coefficient (Wildman–Crippen LogP) is 1.52. The van der Waals surface area contributed by atoms with Crippen LogP contribution in [0.15, 0.2) is 0 Å².